The summed E-state index contributed by atoms with van der Waals surface area (Å²) in [5, 5.41) is 29.5. The van der Waals surface area contributed by atoms with E-state index in [1.807, 2.05) is 66.9 Å². The van der Waals surface area contributed by atoms with Gasteiger partial charge in [-0.25, -0.2) is 4.98 Å². The van der Waals surface area contributed by atoms with Gasteiger partial charge >= 0.3 is 0 Å². The molecule has 0 bridgehead atoms. The smallest absolute Gasteiger partial charge is 0.192 e. The molecule has 0 saturated heterocycles. The number of nitriles is 1. The van der Waals surface area contributed by atoms with Crippen molar-refractivity contribution in [2.75, 3.05) is 7.11 Å². The van der Waals surface area contributed by atoms with Crippen LogP contribution in [0.2, 0.25) is 0 Å². The number of aromatic amines is 1. The van der Waals surface area contributed by atoms with Gasteiger partial charge in [-0.15, -0.1) is 10.2 Å². The van der Waals surface area contributed by atoms with Crippen LogP contribution in [-0.2, 0) is 6.54 Å². The summed E-state index contributed by atoms with van der Waals surface area (Å²) in [4.78, 5) is 7.54. The number of nitrogens with one attached hydrogen (secondary N) is 1. The van der Waals surface area contributed by atoms with Crippen LogP contribution < -0.4 is 4.74 Å². The summed E-state index contributed by atoms with van der Waals surface area (Å²) in [7, 11) is 1.63. The summed E-state index contributed by atoms with van der Waals surface area (Å²) in [5.74, 6) is 1.78. The number of aromatic nitrogens is 5. The van der Waals surface area contributed by atoms with Gasteiger partial charge in [0, 0.05) is 12.1 Å². The Morgan fingerprint density at radius 1 is 1.22 bits per heavy atom. The third-order valence-electron chi connectivity index (χ3n) is 5.04. The highest BCUT2D eigenvalue weighted by atomic mass is 32.2. The lowest BCUT2D eigenvalue weighted by Gasteiger charge is -2.13. The van der Waals surface area contributed by atoms with Gasteiger partial charge in [-0.1, -0.05) is 23.9 Å². The Bertz CT molecular complexity index is 1280. The van der Waals surface area contributed by atoms with E-state index in [-0.39, 0.29) is 11.3 Å². The number of H-pyrrole nitrogens is 1. The fourth-order valence-corrected chi connectivity index (χ4v) is 4.31. The number of aliphatic hydroxyl groups is 1. The minimum Gasteiger partial charge on any atom is -0.510 e. The summed E-state index contributed by atoms with van der Waals surface area (Å²) in [6.45, 7) is 4.49. The van der Waals surface area contributed by atoms with Crippen LogP contribution >= 0.6 is 11.8 Å². The predicted molar refractivity (Wildman–Crippen MR) is 124 cm³/mol. The van der Waals surface area contributed by atoms with Crippen molar-refractivity contribution in [1.29, 1.82) is 5.26 Å². The van der Waals surface area contributed by atoms with E-state index in [9.17, 15) is 10.4 Å². The van der Waals surface area contributed by atoms with Gasteiger partial charge in [0.2, 0.25) is 0 Å². The van der Waals surface area contributed by atoms with Gasteiger partial charge < -0.3 is 19.4 Å². The first-order chi connectivity index (χ1) is 15.5. The summed E-state index contributed by atoms with van der Waals surface area (Å²) in [5.41, 5.74) is 2.56. The van der Waals surface area contributed by atoms with Crippen molar-refractivity contribution in [2.45, 2.75) is 30.8 Å². The van der Waals surface area contributed by atoms with Crippen LogP contribution in [0, 0.1) is 11.3 Å². The summed E-state index contributed by atoms with van der Waals surface area (Å²) in [6, 6.07) is 17.2. The van der Waals surface area contributed by atoms with Gasteiger partial charge in [-0.05, 0) is 50.2 Å². The number of methoxy groups -OCH3 is 1. The van der Waals surface area contributed by atoms with Crippen LogP contribution in [0.1, 0.15) is 19.7 Å². The normalized spacial score (nSPS) is 12.9. The maximum absolute atomic E-state index is 10.9. The molecule has 32 heavy (non-hydrogen) atoms. The molecule has 1 atom stereocenters. The Kier molecular flexibility index (Phi) is 6.14. The molecule has 0 radical (unpaired) electrons. The first-order valence-electron chi connectivity index (χ1n) is 10.1. The van der Waals surface area contributed by atoms with Crippen molar-refractivity contribution in [3.63, 3.8) is 0 Å². The molecule has 0 saturated carbocycles. The monoisotopic (exact) mass is 446 g/mol. The van der Waals surface area contributed by atoms with E-state index in [1.165, 1.54) is 11.8 Å². The van der Waals surface area contributed by atoms with Gasteiger partial charge in [-0.2, -0.15) is 5.26 Å². The average molecular weight is 447 g/mol. The fourth-order valence-electron chi connectivity index (χ4n) is 3.33. The third kappa shape index (κ3) is 4.05. The van der Waals surface area contributed by atoms with Crippen LogP contribution in [0.4, 0.5) is 0 Å². The van der Waals surface area contributed by atoms with E-state index < -0.39 is 5.25 Å². The molecule has 2 N–H and O–H groups in total. The molecule has 0 aliphatic heterocycles. The highest BCUT2D eigenvalue weighted by Crippen LogP contribution is 2.32. The molecule has 2 heterocycles. The lowest BCUT2D eigenvalue weighted by molar-refractivity contribution is 0.401. The summed E-state index contributed by atoms with van der Waals surface area (Å²) < 4.78 is 7.20. The number of ether oxygens (including phenoxy) is 1. The fraction of sp³-hybridized carbons (Fsp3) is 0.217. The topological polar surface area (TPSA) is 113 Å². The SMILES string of the molecule is CCn1c(SC(C)/C(O)=C(\C#N)c2nc3ccccc3[nH]2)nnc1-c1ccc(OC)cc1. The van der Waals surface area contributed by atoms with E-state index in [4.69, 9.17) is 4.74 Å². The highest BCUT2D eigenvalue weighted by Gasteiger charge is 2.22. The van der Waals surface area contributed by atoms with E-state index in [1.54, 1.807) is 7.11 Å². The maximum atomic E-state index is 10.9. The molecule has 0 aliphatic rings. The number of nitrogens with zero attached hydrogens (tertiary/aromatic N) is 5. The Labute approximate surface area is 189 Å². The zero-order valence-electron chi connectivity index (χ0n) is 17.9. The number of benzene rings is 2. The Balaban J connectivity index is 1.63. The standard InChI is InChI=1S/C23H22N6O2S/c1-4-29-22(15-9-11-16(31-3)12-10-15)27-28-23(29)32-14(2)20(30)17(13-24)21-25-18-7-5-6-8-19(18)26-21/h5-12,14,30H,4H2,1-3H3,(H,25,26)/b20-17-. The molecule has 9 heteroatoms. The van der Waals surface area contributed by atoms with E-state index in [2.05, 4.69) is 26.2 Å². The van der Waals surface area contributed by atoms with E-state index in [0.717, 1.165) is 28.2 Å². The molecule has 4 rings (SSSR count). The molecule has 2 aromatic carbocycles. The van der Waals surface area contributed by atoms with E-state index in [0.29, 0.717) is 17.5 Å². The number of fused-ring (bicyclic) bond motifs is 1. The predicted octanol–water partition coefficient (Wildman–Crippen LogP) is 4.82. The number of aliphatic hydroxyl groups excluding tert-OH is 1. The molecular weight excluding hydrogens is 424 g/mol. The van der Waals surface area contributed by atoms with Crippen LogP contribution in [0.5, 0.6) is 5.75 Å². The third-order valence-corrected chi connectivity index (χ3v) is 6.13. The second-order valence-corrected chi connectivity index (χ2v) is 8.32. The van der Waals surface area contributed by atoms with Gasteiger partial charge in [-0.3, -0.25) is 0 Å². The van der Waals surface area contributed by atoms with Crippen molar-refractivity contribution in [3.05, 3.63) is 60.1 Å². The Morgan fingerprint density at radius 3 is 2.62 bits per heavy atom. The van der Waals surface area contributed by atoms with Crippen molar-refractivity contribution >= 4 is 28.4 Å². The van der Waals surface area contributed by atoms with Crippen molar-refractivity contribution < 1.29 is 9.84 Å². The van der Waals surface area contributed by atoms with Crippen molar-refractivity contribution in [1.82, 2.24) is 24.7 Å². The minimum absolute atomic E-state index is 0.0618. The largest absolute Gasteiger partial charge is 0.510 e. The van der Waals surface area contributed by atoms with Crippen molar-refractivity contribution in [2.24, 2.45) is 0 Å². The Morgan fingerprint density at radius 2 is 1.97 bits per heavy atom. The summed E-state index contributed by atoms with van der Waals surface area (Å²) >= 11 is 1.34. The second kappa shape index (κ2) is 9.16. The molecule has 162 valence electrons. The number of hydrogen-bond donors (Lipinski definition) is 2. The molecule has 8 nitrogen and oxygen atoms in total. The lowest BCUT2D eigenvalue weighted by atomic mass is 10.2. The van der Waals surface area contributed by atoms with Crippen LogP contribution in [-0.4, -0.2) is 42.2 Å². The van der Waals surface area contributed by atoms with Gasteiger partial charge in [0.15, 0.2) is 16.8 Å². The zero-order chi connectivity index (χ0) is 22.7. The number of imidazole rings is 1. The minimum atomic E-state index is -0.434. The van der Waals surface area contributed by atoms with Crippen LogP contribution in [0.3, 0.4) is 0 Å². The molecule has 0 fully saturated rings. The summed E-state index contributed by atoms with van der Waals surface area (Å²) in [6.07, 6.45) is 0. The van der Waals surface area contributed by atoms with E-state index >= 15 is 0 Å². The number of rotatable bonds is 7. The first kappa shape index (κ1) is 21.5. The van der Waals surface area contributed by atoms with Gasteiger partial charge in [0.05, 0.1) is 23.4 Å². The van der Waals surface area contributed by atoms with Gasteiger partial charge in [0.1, 0.15) is 23.2 Å². The molecular formula is C23H22N6O2S. The second-order valence-electron chi connectivity index (χ2n) is 7.01. The van der Waals surface area contributed by atoms with Crippen LogP contribution in [0.25, 0.3) is 28.0 Å². The number of thioether (sulfide) groups is 1. The van der Waals surface area contributed by atoms with Gasteiger partial charge in [0.25, 0.3) is 0 Å². The van der Waals surface area contributed by atoms with Crippen molar-refractivity contribution in [3.8, 4) is 23.2 Å². The lowest BCUT2D eigenvalue weighted by Crippen LogP contribution is -2.08. The molecule has 0 aliphatic carbocycles. The zero-order valence-corrected chi connectivity index (χ0v) is 18.7. The number of para-hydroxylation sites is 2. The van der Waals surface area contributed by atoms with Crippen LogP contribution in [0.15, 0.2) is 59.4 Å². The molecule has 2 aromatic heterocycles. The number of allylic oxidation sites excluding steroid dienone is 1. The molecule has 0 amide bonds. The maximum Gasteiger partial charge on any atom is 0.192 e. The number of hydrogen-bond acceptors (Lipinski definition) is 7. The molecule has 1 unspecified atom stereocenters. The molecule has 4 aromatic rings. The quantitative estimate of drug-likeness (QED) is 0.238. The Hall–Kier alpha value is -3.77. The first-order valence-corrected chi connectivity index (χ1v) is 11.0. The highest BCUT2D eigenvalue weighted by molar-refractivity contribution is 7.99. The molecule has 0 spiro atoms. The average Bonchev–Trinajstić information content (AvgIpc) is 3.43.